The molecule has 1 aliphatic rings. The quantitative estimate of drug-likeness (QED) is 0.619. The average Bonchev–Trinajstić information content (AvgIpc) is 2.46. The molecular formula is C14H19N3OS. The van der Waals surface area contributed by atoms with Crippen LogP contribution in [0.5, 0.6) is 0 Å². The van der Waals surface area contributed by atoms with Gasteiger partial charge in [-0.15, -0.1) is 0 Å². The van der Waals surface area contributed by atoms with Gasteiger partial charge in [0.1, 0.15) is 4.99 Å². The molecule has 5 heteroatoms. The zero-order chi connectivity index (χ0) is 13.7. The lowest BCUT2D eigenvalue weighted by molar-refractivity contribution is 0.0696. The maximum Gasteiger partial charge on any atom is 0.113 e. The van der Waals surface area contributed by atoms with Gasteiger partial charge in [-0.2, -0.15) is 0 Å². The van der Waals surface area contributed by atoms with Gasteiger partial charge in [0, 0.05) is 39.6 Å². The summed E-state index contributed by atoms with van der Waals surface area (Å²) >= 11 is 5.63. The zero-order valence-electron chi connectivity index (χ0n) is 11.4. The van der Waals surface area contributed by atoms with Crippen molar-refractivity contribution in [3.63, 3.8) is 0 Å². The standard InChI is InChI=1S/C14H19N3OS/c1-16(2)11-12(13-5-3-4-6-15-13)14(19)17-7-9-18-10-8-17/h3-6,11H,7-10H2,1-2H3/b12-11+. The highest BCUT2D eigenvalue weighted by atomic mass is 32.1. The van der Waals surface area contributed by atoms with E-state index in [2.05, 4.69) is 9.88 Å². The van der Waals surface area contributed by atoms with Gasteiger partial charge < -0.3 is 14.5 Å². The van der Waals surface area contributed by atoms with E-state index in [-0.39, 0.29) is 0 Å². The highest BCUT2D eigenvalue weighted by Crippen LogP contribution is 2.17. The van der Waals surface area contributed by atoms with Crippen LogP contribution in [0.15, 0.2) is 30.6 Å². The fourth-order valence-electron chi connectivity index (χ4n) is 1.95. The molecule has 0 N–H and O–H groups in total. The predicted molar refractivity (Wildman–Crippen MR) is 80.9 cm³/mol. The van der Waals surface area contributed by atoms with Crippen LogP contribution in [0.2, 0.25) is 0 Å². The van der Waals surface area contributed by atoms with Gasteiger partial charge in [0.2, 0.25) is 0 Å². The molecule has 0 unspecified atom stereocenters. The fourth-order valence-corrected chi connectivity index (χ4v) is 2.29. The number of nitrogens with zero attached hydrogens (tertiary/aromatic N) is 3. The van der Waals surface area contributed by atoms with E-state index in [0.29, 0.717) is 0 Å². The second-order valence-corrected chi connectivity index (χ2v) is 5.01. The van der Waals surface area contributed by atoms with Crippen LogP contribution in [0.3, 0.4) is 0 Å². The molecule has 0 atom stereocenters. The third-order valence-corrected chi connectivity index (χ3v) is 3.33. The van der Waals surface area contributed by atoms with Crippen molar-refractivity contribution in [1.82, 2.24) is 14.8 Å². The minimum Gasteiger partial charge on any atom is -0.383 e. The Morgan fingerprint density at radius 3 is 2.68 bits per heavy atom. The van der Waals surface area contributed by atoms with Crippen LogP contribution < -0.4 is 0 Å². The first kappa shape index (κ1) is 14.0. The monoisotopic (exact) mass is 277 g/mol. The summed E-state index contributed by atoms with van der Waals surface area (Å²) in [4.78, 5) is 9.43. The summed E-state index contributed by atoms with van der Waals surface area (Å²) in [5.41, 5.74) is 1.90. The second kappa shape index (κ2) is 6.63. The molecule has 19 heavy (non-hydrogen) atoms. The molecule has 1 aromatic rings. The zero-order valence-corrected chi connectivity index (χ0v) is 12.2. The Labute approximate surface area is 119 Å². The molecule has 4 nitrogen and oxygen atoms in total. The van der Waals surface area contributed by atoms with E-state index >= 15 is 0 Å². The third kappa shape index (κ3) is 3.75. The first-order valence-corrected chi connectivity index (χ1v) is 6.76. The summed E-state index contributed by atoms with van der Waals surface area (Å²) < 4.78 is 5.37. The molecule has 1 aromatic heterocycles. The Hall–Kier alpha value is -1.46. The molecule has 1 fully saturated rings. The maximum atomic E-state index is 5.63. The number of rotatable bonds is 3. The summed E-state index contributed by atoms with van der Waals surface area (Å²) in [7, 11) is 3.98. The van der Waals surface area contributed by atoms with Gasteiger partial charge in [-0.1, -0.05) is 18.3 Å². The second-order valence-electron chi connectivity index (χ2n) is 4.63. The van der Waals surface area contributed by atoms with Crippen LogP contribution in [-0.4, -0.2) is 60.2 Å². The summed E-state index contributed by atoms with van der Waals surface area (Å²) in [5.74, 6) is 0. The van der Waals surface area contributed by atoms with Gasteiger partial charge in [0.05, 0.1) is 24.5 Å². The van der Waals surface area contributed by atoms with E-state index in [1.165, 1.54) is 0 Å². The molecule has 1 saturated heterocycles. The Bertz CT molecular complexity index is 453. The molecule has 0 saturated carbocycles. The SMILES string of the molecule is CN(C)/C=C(/C(=S)N1CCOCC1)c1ccccn1. The van der Waals surface area contributed by atoms with Crippen molar-refractivity contribution in [2.45, 2.75) is 0 Å². The largest absolute Gasteiger partial charge is 0.383 e. The first-order valence-electron chi connectivity index (χ1n) is 6.35. The molecule has 1 aliphatic heterocycles. The molecule has 2 heterocycles. The van der Waals surface area contributed by atoms with Crippen LogP contribution >= 0.6 is 12.2 Å². The molecule has 0 spiro atoms. The smallest absolute Gasteiger partial charge is 0.113 e. The lowest BCUT2D eigenvalue weighted by atomic mass is 10.1. The topological polar surface area (TPSA) is 28.6 Å². The molecule has 0 aromatic carbocycles. The number of hydrogen-bond acceptors (Lipinski definition) is 4. The minimum atomic E-state index is 0.734. The van der Waals surface area contributed by atoms with Gasteiger partial charge in [0.15, 0.2) is 0 Å². The molecule has 0 radical (unpaired) electrons. The number of aromatic nitrogens is 1. The van der Waals surface area contributed by atoms with Crippen molar-refractivity contribution in [2.75, 3.05) is 40.4 Å². The van der Waals surface area contributed by atoms with Gasteiger partial charge >= 0.3 is 0 Å². The number of thiocarbonyl (C=S) groups is 1. The first-order chi connectivity index (χ1) is 9.18. The van der Waals surface area contributed by atoms with Crippen LogP contribution in [0.4, 0.5) is 0 Å². The Morgan fingerprint density at radius 1 is 1.37 bits per heavy atom. The normalized spacial score (nSPS) is 16.3. The van der Waals surface area contributed by atoms with Crippen molar-refractivity contribution in [3.8, 4) is 0 Å². The highest BCUT2D eigenvalue weighted by molar-refractivity contribution is 7.81. The van der Waals surface area contributed by atoms with E-state index in [9.17, 15) is 0 Å². The molecular weight excluding hydrogens is 258 g/mol. The highest BCUT2D eigenvalue weighted by Gasteiger charge is 2.19. The Kier molecular flexibility index (Phi) is 4.87. The molecule has 2 rings (SSSR count). The average molecular weight is 277 g/mol. The summed E-state index contributed by atoms with van der Waals surface area (Å²) in [6.07, 6.45) is 3.82. The van der Waals surface area contributed by atoms with Crippen molar-refractivity contribution in [3.05, 3.63) is 36.3 Å². The van der Waals surface area contributed by atoms with Gasteiger partial charge in [0.25, 0.3) is 0 Å². The van der Waals surface area contributed by atoms with E-state index in [0.717, 1.165) is 42.6 Å². The van der Waals surface area contributed by atoms with Gasteiger partial charge in [-0.25, -0.2) is 0 Å². The van der Waals surface area contributed by atoms with E-state index < -0.39 is 0 Å². The summed E-state index contributed by atoms with van der Waals surface area (Å²) in [6.45, 7) is 3.15. The Morgan fingerprint density at radius 2 is 2.11 bits per heavy atom. The van der Waals surface area contributed by atoms with Crippen LogP contribution in [0.1, 0.15) is 5.69 Å². The minimum absolute atomic E-state index is 0.734. The van der Waals surface area contributed by atoms with Crippen molar-refractivity contribution in [2.24, 2.45) is 0 Å². The molecule has 0 aliphatic carbocycles. The summed E-state index contributed by atoms with van der Waals surface area (Å²) in [5, 5.41) is 0. The van der Waals surface area contributed by atoms with Crippen molar-refractivity contribution < 1.29 is 4.74 Å². The van der Waals surface area contributed by atoms with Crippen LogP contribution in [0, 0.1) is 0 Å². The van der Waals surface area contributed by atoms with Crippen LogP contribution in [-0.2, 0) is 4.74 Å². The lowest BCUT2D eigenvalue weighted by Gasteiger charge is -2.30. The van der Waals surface area contributed by atoms with Crippen molar-refractivity contribution in [1.29, 1.82) is 0 Å². The lowest BCUT2D eigenvalue weighted by Crippen LogP contribution is -2.40. The van der Waals surface area contributed by atoms with E-state index in [1.807, 2.05) is 43.4 Å². The predicted octanol–water partition coefficient (Wildman–Crippen LogP) is 1.64. The molecule has 0 bridgehead atoms. The van der Waals surface area contributed by atoms with Gasteiger partial charge in [-0.05, 0) is 12.1 Å². The van der Waals surface area contributed by atoms with Crippen molar-refractivity contribution >= 4 is 22.8 Å². The number of ether oxygens (including phenoxy) is 1. The maximum absolute atomic E-state index is 5.63. The van der Waals surface area contributed by atoms with Gasteiger partial charge in [-0.3, -0.25) is 4.98 Å². The van der Waals surface area contributed by atoms with Crippen LogP contribution in [0.25, 0.3) is 5.57 Å². The third-order valence-electron chi connectivity index (χ3n) is 2.86. The molecule has 102 valence electrons. The fraction of sp³-hybridized carbons (Fsp3) is 0.429. The molecule has 0 amide bonds. The number of hydrogen-bond donors (Lipinski definition) is 0. The van der Waals surface area contributed by atoms with E-state index in [1.54, 1.807) is 6.20 Å². The summed E-state index contributed by atoms with van der Waals surface area (Å²) in [6, 6.07) is 5.88. The van der Waals surface area contributed by atoms with E-state index in [4.69, 9.17) is 17.0 Å². The Balaban J connectivity index is 2.25. The number of pyridine rings is 1. The number of morpholine rings is 1.